The van der Waals surface area contributed by atoms with Crippen molar-refractivity contribution >= 4 is 23.2 Å². The predicted molar refractivity (Wildman–Crippen MR) is 90.6 cm³/mol. The van der Waals surface area contributed by atoms with E-state index in [0.29, 0.717) is 17.1 Å². The molecule has 0 aliphatic carbocycles. The lowest BCUT2D eigenvalue weighted by atomic mass is 10.1. The summed E-state index contributed by atoms with van der Waals surface area (Å²) >= 11 is 0. The van der Waals surface area contributed by atoms with Gasteiger partial charge in [-0.1, -0.05) is 24.3 Å². The Morgan fingerprint density at radius 1 is 1.04 bits per heavy atom. The predicted octanol–water partition coefficient (Wildman–Crippen LogP) is 2.73. The summed E-state index contributed by atoms with van der Waals surface area (Å²) in [4.78, 5) is 23.8. The molecule has 0 atom stereocenters. The van der Waals surface area contributed by atoms with Crippen LogP contribution in [0.3, 0.4) is 0 Å². The molecule has 0 aliphatic rings. The zero-order valence-electron chi connectivity index (χ0n) is 13.2. The van der Waals surface area contributed by atoms with Gasteiger partial charge in [0.05, 0.1) is 31.0 Å². The van der Waals surface area contributed by atoms with Gasteiger partial charge >= 0.3 is 0 Å². The summed E-state index contributed by atoms with van der Waals surface area (Å²) in [5, 5.41) is 13.9. The Kier molecular flexibility index (Phi) is 5.92. The van der Waals surface area contributed by atoms with Crippen LogP contribution in [-0.2, 0) is 16.0 Å². The van der Waals surface area contributed by atoms with E-state index in [1.165, 1.54) is 0 Å². The van der Waals surface area contributed by atoms with E-state index in [4.69, 9.17) is 10.00 Å². The van der Waals surface area contributed by atoms with Gasteiger partial charge < -0.3 is 15.4 Å². The largest absolute Gasteiger partial charge is 0.497 e. The van der Waals surface area contributed by atoms with Crippen molar-refractivity contribution in [1.29, 1.82) is 5.26 Å². The summed E-state index contributed by atoms with van der Waals surface area (Å²) in [7, 11) is 1.57. The molecule has 0 bridgehead atoms. The third kappa shape index (κ3) is 4.85. The number of hydrogen-bond donors (Lipinski definition) is 2. The summed E-state index contributed by atoms with van der Waals surface area (Å²) in [6, 6.07) is 15.9. The normalized spacial score (nSPS) is 9.67. The topological polar surface area (TPSA) is 91.2 Å². The third-order valence-corrected chi connectivity index (χ3v) is 3.21. The number of nitriles is 1. The molecule has 2 N–H and O–H groups in total. The molecule has 6 heteroatoms. The quantitative estimate of drug-likeness (QED) is 0.855. The van der Waals surface area contributed by atoms with Gasteiger partial charge in [0, 0.05) is 0 Å². The van der Waals surface area contributed by atoms with E-state index in [1.807, 2.05) is 12.1 Å². The molecule has 0 unspecified atom stereocenters. The number of nitrogens with one attached hydrogen (secondary N) is 2. The monoisotopic (exact) mass is 323 g/mol. The van der Waals surface area contributed by atoms with Gasteiger partial charge in [-0.05, 0) is 29.8 Å². The minimum Gasteiger partial charge on any atom is -0.497 e. The van der Waals surface area contributed by atoms with Crippen molar-refractivity contribution in [3.63, 3.8) is 0 Å². The number of para-hydroxylation sites is 2. The molecule has 0 radical (unpaired) electrons. The van der Waals surface area contributed by atoms with Crippen LogP contribution in [0.25, 0.3) is 0 Å². The van der Waals surface area contributed by atoms with Gasteiger partial charge in [0.2, 0.25) is 11.8 Å². The molecule has 122 valence electrons. The van der Waals surface area contributed by atoms with Crippen LogP contribution in [0.2, 0.25) is 0 Å². The number of amides is 2. The van der Waals surface area contributed by atoms with Crippen LogP contribution < -0.4 is 15.4 Å². The minimum absolute atomic E-state index is 0.178. The fourth-order valence-electron chi connectivity index (χ4n) is 2.13. The lowest BCUT2D eigenvalue weighted by Crippen LogP contribution is -2.17. The zero-order chi connectivity index (χ0) is 17.4. The molecule has 6 nitrogen and oxygen atoms in total. The van der Waals surface area contributed by atoms with Crippen molar-refractivity contribution in [2.45, 2.75) is 12.8 Å². The minimum atomic E-state index is -0.424. The van der Waals surface area contributed by atoms with Crippen molar-refractivity contribution in [2.75, 3.05) is 17.7 Å². The van der Waals surface area contributed by atoms with Crippen LogP contribution in [0, 0.1) is 11.3 Å². The first kappa shape index (κ1) is 17.0. The van der Waals surface area contributed by atoms with Gasteiger partial charge in [0.1, 0.15) is 12.2 Å². The molecule has 0 spiro atoms. The summed E-state index contributed by atoms with van der Waals surface area (Å²) in [6.45, 7) is 0. The van der Waals surface area contributed by atoms with Crippen molar-refractivity contribution in [2.24, 2.45) is 0 Å². The molecule has 0 aromatic heterocycles. The van der Waals surface area contributed by atoms with Gasteiger partial charge in [0.15, 0.2) is 0 Å². The summed E-state index contributed by atoms with van der Waals surface area (Å²) in [5.41, 5.74) is 1.76. The van der Waals surface area contributed by atoms with Crippen LogP contribution in [0.5, 0.6) is 5.75 Å². The fourth-order valence-corrected chi connectivity index (χ4v) is 2.13. The van der Waals surface area contributed by atoms with Crippen LogP contribution in [0.15, 0.2) is 48.5 Å². The Morgan fingerprint density at radius 3 is 2.33 bits per heavy atom. The van der Waals surface area contributed by atoms with E-state index >= 15 is 0 Å². The van der Waals surface area contributed by atoms with E-state index < -0.39 is 5.91 Å². The maximum Gasteiger partial charge on any atom is 0.238 e. The number of carbonyl (C=O) groups excluding carboxylic acids is 2. The highest BCUT2D eigenvalue weighted by Crippen LogP contribution is 2.21. The molecule has 0 saturated heterocycles. The first-order valence-corrected chi connectivity index (χ1v) is 7.31. The molecular formula is C18H17N3O3. The highest BCUT2D eigenvalue weighted by atomic mass is 16.5. The fraction of sp³-hybridized carbons (Fsp3) is 0.167. The standard InChI is InChI=1S/C18H17N3O3/c1-24-14-6-4-5-13(11-14)12-18(23)21-16-8-3-2-7-15(16)20-17(22)9-10-19/h2-8,11H,9,12H2,1H3,(H,20,22)(H,21,23). The second kappa shape index (κ2) is 8.34. The van der Waals surface area contributed by atoms with E-state index in [9.17, 15) is 9.59 Å². The number of benzene rings is 2. The number of carbonyl (C=O) groups is 2. The maximum absolute atomic E-state index is 12.2. The van der Waals surface area contributed by atoms with Crippen LogP contribution in [-0.4, -0.2) is 18.9 Å². The molecule has 2 amide bonds. The van der Waals surface area contributed by atoms with E-state index in [-0.39, 0.29) is 18.7 Å². The zero-order valence-corrected chi connectivity index (χ0v) is 13.2. The van der Waals surface area contributed by atoms with Gasteiger partial charge in [0.25, 0.3) is 0 Å². The summed E-state index contributed by atoms with van der Waals surface area (Å²) < 4.78 is 5.13. The smallest absolute Gasteiger partial charge is 0.238 e. The number of anilines is 2. The first-order chi connectivity index (χ1) is 11.6. The highest BCUT2D eigenvalue weighted by Gasteiger charge is 2.10. The number of hydrogen-bond acceptors (Lipinski definition) is 4. The highest BCUT2D eigenvalue weighted by molar-refractivity contribution is 6.00. The molecule has 0 saturated carbocycles. The Bertz CT molecular complexity index is 781. The lowest BCUT2D eigenvalue weighted by molar-refractivity contribution is -0.116. The van der Waals surface area contributed by atoms with Gasteiger partial charge in [-0.25, -0.2) is 0 Å². The van der Waals surface area contributed by atoms with Gasteiger partial charge in [-0.3, -0.25) is 9.59 Å². The molecule has 0 fully saturated rings. The van der Waals surface area contributed by atoms with Crippen molar-refractivity contribution in [1.82, 2.24) is 0 Å². The average Bonchev–Trinajstić information content (AvgIpc) is 2.57. The molecule has 2 rings (SSSR count). The average molecular weight is 323 g/mol. The van der Waals surface area contributed by atoms with Crippen molar-refractivity contribution in [3.8, 4) is 11.8 Å². The van der Waals surface area contributed by atoms with Crippen molar-refractivity contribution in [3.05, 3.63) is 54.1 Å². The third-order valence-electron chi connectivity index (χ3n) is 3.21. The van der Waals surface area contributed by atoms with E-state index in [1.54, 1.807) is 49.6 Å². The Balaban J connectivity index is 2.06. The second-order valence-corrected chi connectivity index (χ2v) is 5.01. The molecule has 0 aliphatic heterocycles. The van der Waals surface area contributed by atoms with Gasteiger partial charge in [-0.2, -0.15) is 5.26 Å². The molecule has 2 aromatic carbocycles. The first-order valence-electron chi connectivity index (χ1n) is 7.31. The SMILES string of the molecule is COc1cccc(CC(=O)Nc2ccccc2NC(=O)CC#N)c1. The van der Waals surface area contributed by atoms with Crippen molar-refractivity contribution < 1.29 is 14.3 Å². The molecule has 24 heavy (non-hydrogen) atoms. The Labute approximate surface area is 140 Å². The summed E-state index contributed by atoms with van der Waals surface area (Å²) in [5.74, 6) is 0.0432. The Hall–Kier alpha value is -3.33. The number of ether oxygens (including phenoxy) is 1. The second-order valence-electron chi connectivity index (χ2n) is 5.01. The van der Waals surface area contributed by atoms with Crippen LogP contribution >= 0.6 is 0 Å². The maximum atomic E-state index is 12.2. The molecular weight excluding hydrogens is 306 g/mol. The Morgan fingerprint density at radius 2 is 1.71 bits per heavy atom. The molecule has 2 aromatic rings. The molecule has 0 heterocycles. The van der Waals surface area contributed by atoms with E-state index in [0.717, 1.165) is 5.56 Å². The van der Waals surface area contributed by atoms with E-state index in [2.05, 4.69) is 10.6 Å². The number of methoxy groups -OCH3 is 1. The van der Waals surface area contributed by atoms with Crippen LogP contribution in [0.4, 0.5) is 11.4 Å². The van der Waals surface area contributed by atoms with Crippen LogP contribution in [0.1, 0.15) is 12.0 Å². The number of rotatable bonds is 6. The number of nitrogens with zero attached hydrogens (tertiary/aromatic N) is 1. The summed E-state index contributed by atoms with van der Waals surface area (Å²) in [6.07, 6.45) is -0.0657. The van der Waals surface area contributed by atoms with Gasteiger partial charge in [-0.15, -0.1) is 0 Å². The lowest BCUT2D eigenvalue weighted by Gasteiger charge is -2.12.